The summed E-state index contributed by atoms with van der Waals surface area (Å²) in [5.74, 6) is -7.40. The molecule has 0 aromatic heterocycles. The maximum absolute atomic E-state index is 13.0. The van der Waals surface area contributed by atoms with E-state index >= 15 is 0 Å². The van der Waals surface area contributed by atoms with Crippen molar-refractivity contribution in [3.05, 3.63) is 11.6 Å². The molecule has 1 heterocycles. The fourth-order valence-electron chi connectivity index (χ4n) is 6.98. The van der Waals surface area contributed by atoms with Gasteiger partial charge in [0, 0.05) is 56.9 Å². The summed E-state index contributed by atoms with van der Waals surface area (Å²) in [6, 6.07) is 0. The van der Waals surface area contributed by atoms with E-state index in [1.807, 2.05) is 0 Å². The predicted molar refractivity (Wildman–Crippen MR) is 141 cm³/mol. The molecule has 0 unspecified atom stereocenters. The Morgan fingerprint density at radius 3 is 1.98 bits per heavy atom. The fraction of sp³-hybridized carbons (Fsp3) is 0.724. The topological polar surface area (TPSA) is 178 Å². The molecule has 0 aromatic rings. The first-order valence-electron chi connectivity index (χ1n) is 13.9. The van der Waals surface area contributed by atoms with Gasteiger partial charge in [0.15, 0.2) is 11.7 Å². The molecular formula is C29H40O13. The average molecular weight is 597 g/mol. The maximum Gasteiger partial charge on any atom is 0.333 e. The van der Waals surface area contributed by atoms with Crippen LogP contribution in [0.2, 0.25) is 0 Å². The van der Waals surface area contributed by atoms with Crippen LogP contribution in [0.15, 0.2) is 11.6 Å². The summed E-state index contributed by atoms with van der Waals surface area (Å²) in [6.07, 6.45) is -4.86. The van der Waals surface area contributed by atoms with Gasteiger partial charge in [-0.1, -0.05) is 13.8 Å². The van der Waals surface area contributed by atoms with E-state index in [4.69, 9.17) is 28.4 Å². The van der Waals surface area contributed by atoms with E-state index in [1.54, 1.807) is 13.8 Å². The Kier molecular flexibility index (Phi) is 9.75. The third-order valence-electron chi connectivity index (χ3n) is 8.94. The molecule has 13 heteroatoms. The van der Waals surface area contributed by atoms with Gasteiger partial charge in [0.05, 0.1) is 13.0 Å². The molecule has 42 heavy (non-hydrogen) atoms. The Labute approximate surface area is 244 Å². The first-order valence-corrected chi connectivity index (χ1v) is 13.9. The van der Waals surface area contributed by atoms with Crippen LogP contribution in [-0.4, -0.2) is 84.2 Å². The lowest BCUT2D eigenvalue weighted by Crippen LogP contribution is -2.69. The Morgan fingerprint density at radius 1 is 0.905 bits per heavy atom. The molecule has 1 aliphatic heterocycles. The zero-order chi connectivity index (χ0) is 31.7. The van der Waals surface area contributed by atoms with Crippen LogP contribution < -0.4 is 0 Å². The molecule has 1 N–H and O–H groups in total. The van der Waals surface area contributed by atoms with Crippen LogP contribution >= 0.6 is 0 Å². The molecule has 13 nitrogen and oxygen atoms in total. The number of hydrogen-bond acceptors (Lipinski definition) is 13. The van der Waals surface area contributed by atoms with Crippen molar-refractivity contribution in [1.82, 2.24) is 0 Å². The number of fused-ring (bicyclic) bond motifs is 2. The first-order chi connectivity index (χ1) is 19.5. The van der Waals surface area contributed by atoms with Crippen LogP contribution in [0.1, 0.15) is 67.7 Å². The van der Waals surface area contributed by atoms with Gasteiger partial charge in [-0.25, -0.2) is 4.79 Å². The second-order valence-electron chi connectivity index (χ2n) is 11.5. The molecule has 1 saturated heterocycles. The minimum atomic E-state index is -2.26. The molecular weight excluding hydrogens is 556 g/mol. The highest BCUT2D eigenvalue weighted by atomic mass is 16.6. The maximum atomic E-state index is 13.0. The minimum Gasteiger partial charge on any atom is -0.466 e. The first kappa shape index (κ1) is 33.0. The van der Waals surface area contributed by atoms with Crippen molar-refractivity contribution in [1.29, 1.82) is 0 Å². The van der Waals surface area contributed by atoms with Gasteiger partial charge >= 0.3 is 35.8 Å². The number of carbonyl (C=O) groups excluding carboxylic acids is 6. The lowest BCUT2D eigenvalue weighted by Gasteiger charge is -2.58. The zero-order valence-corrected chi connectivity index (χ0v) is 25.2. The quantitative estimate of drug-likeness (QED) is 0.357. The molecule has 0 spiro atoms. The van der Waals surface area contributed by atoms with Crippen LogP contribution in [-0.2, 0) is 57.2 Å². The van der Waals surface area contributed by atoms with Crippen LogP contribution in [0, 0.1) is 23.2 Å². The summed E-state index contributed by atoms with van der Waals surface area (Å²) in [4.78, 5) is 75.5. The fourth-order valence-corrected chi connectivity index (χ4v) is 6.98. The summed E-state index contributed by atoms with van der Waals surface area (Å²) in [7, 11) is 1.16. The van der Waals surface area contributed by atoms with Gasteiger partial charge in [-0.05, 0) is 25.8 Å². The van der Waals surface area contributed by atoms with Crippen molar-refractivity contribution < 1.29 is 62.3 Å². The number of esters is 6. The number of carbonyl (C=O) groups is 6. The SMILES string of the molecule is COC(=O)/C1=C/[C@@H]2OC(=O)[C@H](C)[C@@]2(O)[C@@H](OC(C)=O)[C@H]2[C@@H](C)[C@H](OC(C)=O)C[C@H](OC(C)=O)[C@]2(C)[C@@H](OC(C)=O)CC1. The van der Waals surface area contributed by atoms with Gasteiger partial charge in [-0.2, -0.15) is 0 Å². The molecule has 3 aliphatic rings. The lowest BCUT2D eigenvalue weighted by atomic mass is 9.52. The highest BCUT2D eigenvalue weighted by Gasteiger charge is 2.69. The Hall–Kier alpha value is -3.48. The molecule has 234 valence electrons. The van der Waals surface area contributed by atoms with E-state index in [0.29, 0.717) is 0 Å². The lowest BCUT2D eigenvalue weighted by molar-refractivity contribution is -0.252. The summed E-state index contributed by atoms with van der Waals surface area (Å²) in [5, 5.41) is 12.5. The van der Waals surface area contributed by atoms with Crippen molar-refractivity contribution in [2.75, 3.05) is 7.11 Å². The van der Waals surface area contributed by atoms with Gasteiger partial charge in [-0.15, -0.1) is 0 Å². The Morgan fingerprint density at radius 2 is 1.45 bits per heavy atom. The molecule has 10 atom stereocenters. The molecule has 3 rings (SSSR count). The van der Waals surface area contributed by atoms with E-state index < -0.39 is 95.1 Å². The zero-order valence-electron chi connectivity index (χ0n) is 25.2. The largest absolute Gasteiger partial charge is 0.466 e. The molecule has 2 aliphatic carbocycles. The second-order valence-corrected chi connectivity index (χ2v) is 11.5. The summed E-state index contributed by atoms with van der Waals surface area (Å²) < 4.78 is 33.6. The van der Waals surface area contributed by atoms with Crippen molar-refractivity contribution in [2.24, 2.45) is 23.2 Å². The van der Waals surface area contributed by atoms with Crippen LogP contribution in [0.25, 0.3) is 0 Å². The standard InChI is InChI=1S/C29H40O13/c1-13-20(38-15(3)30)12-22(40-17(5)32)28(7)21(39-16(4)31)10-9-19(27(35)37-8)11-23-29(36,14(2)26(34)42-23)25(24(13)28)41-18(6)33/h11,13-14,20-25,36H,9-10,12H2,1-8H3/b19-11+/t13-,14-,20+,21-,22-,23-,24+,25-,28-,29-/m0/s1. The summed E-state index contributed by atoms with van der Waals surface area (Å²) in [5.41, 5.74) is -3.66. The number of hydrogen-bond donors (Lipinski definition) is 1. The molecule has 0 aromatic carbocycles. The normalized spacial score (nSPS) is 39.2. The van der Waals surface area contributed by atoms with Gasteiger partial charge < -0.3 is 33.5 Å². The average Bonchev–Trinajstić information content (AvgIpc) is 3.09. The van der Waals surface area contributed by atoms with Gasteiger partial charge in [-0.3, -0.25) is 24.0 Å². The molecule has 1 saturated carbocycles. The number of ether oxygens (including phenoxy) is 6. The monoisotopic (exact) mass is 596 g/mol. The van der Waals surface area contributed by atoms with Gasteiger partial charge in [0.25, 0.3) is 0 Å². The highest BCUT2D eigenvalue weighted by molar-refractivity contribution is 5.89. The smallest absolute Gasteiger partial charge is 0.333 e. The van der Waals surface area contributed by atoms with Crippen LogP contribution in [0.5, 0.6) is 0 Å². The highest BCUT2D eigenvalue weighted by Crippen LogP contribution is 2.57. The summed E-state index contributed by atoms with van der Waals surface area (Å²) in [6.45, 7) is 9.50. The molecule has 0 amide bonds. The van der Waals surface area contributed by atoms with E-state index in [1.165, 1.54) is 33.8 Å². The second kappa shape index (κ2) is 12.4. The van der Waals surface area contributed by atoms with E-state index in [-0.39, 0.29) is 24.8 Å². The number of aliphatic hydroxyl groups is 1. The van der Waals surface area contributed by atoms with Gasteiger partial charge in [0.2, 0.25) is 0 Å². The van der Waals surface area contributed by atoms with E-state index in [0.717, 1.165) is 14.0 Å². The van der Waals surface area contributed by atoms with Crippen molar-refractivity contribution in [3.63, 3.8) is 0 Å². The minimum absolute atomic E-state index is 0.00950. The van der Waals surface area contributed by atoms with Crippen LogP contribution in [0.4, 0.5) is 0 Å². The molecule has 0 bridgehead atoms. The Balaban J connectivity index is 2.44. The Bertz CT molecular complexity index is 1160. The predicted octanol–water partition coefficient (Wildman–Crippen LogP) is 1.56. The summed E-state index contributed by atoms with van der Waals surface area (Å²) >= 11 is 0. The number of rotatable bonds is 5. The van der Waals surface area contributed by atoms with Gasteiger partial charge in [0.1, 0.15) is 24.4 Å². The van der Waals surface area contributed by atoms with E-state index in [2.05, 4.69) is 0 Å². The van der Waals surface area contributed by atoms with Crippen molar-refractivity contribution in [2.45, 2.75) is 104 Å². The third kappa shape index (κ3) is 6.02. The van der Waals surface area contributed by atoms with Crippen molar-refractivity contribution >= 4 is 35.8 Å². The number of methoxy groups -OCH3 is 1. The molecule has 2 fully saturated rings. The molecule has 0 radical (unpaired) electrons. The van der Waals surface area contributed by atoms with Crippen LogP contribution in [0.3, 0.4) is 0 Å². The van der Waals surface area contributed by atoms with Crippen molar-refractivity contribution in [3.8, 4) is 0 Å². The third-order valence-corrected chi connectivity index (χ3v) is 8.94. The van der Waals surface area contributed by atoms with E-state index in [9.17, 15) is 33.9 Å².